The summed E-state index contributed by atoms with van der Waals surface area (Å²) in [6, 6.07) is -0.744. The van der Waals surface area contributed by atoms with Crippen LogP contribution in [0.15, 0.2) is 10.2 Å². The topological polar surface area (TPSA) is 111 Å². The summed E-state index contributed by atoms with van der Waals surface area (Å²) in [5, 5.41) is 16.3. The van der Waals surface area contributed by atoms with E-state index in [2.05, 4.69) is 15.6 Å². The van der Waals surface area contributed by atoms with Gasteiger partial charge in [-0.25, -0.2) is 4.79 Å². The number of urea groups is 1. The number of thiazole rings is 1. The van der Waals surface area contributed by atoms with Gasteiger partial charge in [0, 0.05) is 17.1 Å². The van der Waals surface area contributed by atoms with Crippen molar-refractivity contribution < 1.29 is 14.7 Å². The molecule has 0 bridgehead atoms. The Morgan fingerprint density at radius 3 is 2.76 bits per heavy atom. The van der Waals surface area contributed by atoms with Gasteiger partial charge in [0.1, 0.15) is 0 Å². The molecule has 1 aromatic rings. The van der Waals surface area contributed by atoms with Crippen LogP contribution < -0.4 is 15.5 Å². The highest BCUT2D eigenvalue weighted by Crippen LogP contribution is 2.23. The van der Waals surface area contributed by atoms with Gasteiger partial charge in [-0.2, -0.15) is 0 Å². The quantitative estimate of drug-likeness (QED) is 0.627. The molecule has 1 saturated carbocycles. The number of H-pyrrole nitrogens is 1. The summed E-state index contributed by atoms with van der Waals surface area (Å²) >= 11 is 1.04. The van der Waals surface area contributed by atoms with Crippen LogP contribution in [0.2, 0.25) is 0 Å². The van der Waals surface area contributed by atoms with E-state index in [1.54, 1.807) is 5.38 Å². The number of aliphatic carboxylic acids is 1. The molecule has 1 aromatic heterocycles. The van der Waals surface area contributed by atoms with Crippen molar-refractivity contribution in [2.24, 2.45) is 5.92 Å². The zero-order chi connectivity index (χ0) is 15.2. The van der Waals surface area contributed by atoms with Gasteiger partial charge >= 0.3 is 16.9 Å². The first-order valence-electron chi connectivity index (χ1n) is 7.00. The maximum atomic E-state index is 11.9. The summed E-state index contributed by atoms with van der Waals surface area (Å²) in [6.07, 6.45) is 4.08. The van der Waals surface area contributed by atoms with Crippen LogP contribution in [0.4, 0.5) is 4.79 Å². The van der Waals surface area contributed by atoms with E-state index in [4.69, 9.17) is 0 Å². The lowest BCUT2D eigenvalue weighted by Crippen LogP contribution is -2.47. The number of aromatic nitrogens is 1. The maximum Gasteiger partial charge on any atom is 0.315 e. The molecule has 7 nitrogen and oxygen atoms in total. The molecule has 0 radical (unpaired) electrons. The zero-order valence-corrected chi connectivity index (χ0v) is 12.4. The number of hydrogen-bond acceptors (Lipinski definition) is 4. The Kier molecular flexibility index (Phi) is 5.38. The van der Waals surface area contributed by atoms with Gasteiger partial charge in [-0.15, -0.1) is 0 Å². The molecule has 2 unspecified atom stereocenters. The molecule has 1 heterocycles. The highest BCUT2D eigenvalue weighted by atomic mass is 32.1. The highest BCUT2D eigenvalue weighted by molar-refractivity contribution is 7.07. The van der Waals surface area contributed by atoms with Crippen molar-refractivity contribution in [1.29, 1.82) is 0 Å². The van der Waals surface area contributed by atoms with Crippen LogP contribution in [0.1, 0.15) is 37.8 Å². The number of nitrogens with one attached hydrogen (secondary N) is 3. The molecule has 8 heteroatoms. The second-order valence-corrected chi connectivity index (χ2v) is 6.03. The van der Waals surface area contributed by atoms with E-state index in [-0.39, 0.29) is 17.5 Å². The van der Waals surface area contributed by atoms with Crippen LogP contribution in [0.5, 0.6) is 0 Å². The van der Waals surface area contributed by atoms with Gasteiger partial charge < -0.3 is 20.7 Å². The fourth-order valence-corrected chi connectivity index (χ4v) is 3.15. The van der Waals surface area contributed by atoms with Gasteiger partial charge in [-0.1, -0.05) is 30.6 Å². The van der Waals surface area contributed by atoms with Gasteiger partial charge in [0.25, 0.3) is 0 Å². The Hall–Kier alpha value is -1.83. The molecule has 1 fully saturated rings. The molecule has 0 spiro atoms. The van der Waals surface area contributed by atoms with E-state index in [9.17, 15) is 19.5 Å². The number of carbonyl (C=O) groups excluding carboxylic acids is 1. The van der Waals surface area contributed by atoms with Crippen molar-refractivity contribution in [1.82, 2.24) is 15.6 Å². The molecular weight excluding hydrogens is 294 g/mol. The van der Waals surface area contributed by atoms with E-state index >= 15 is 0 Å². The summed E-state index contributed by atoms with van der Waals surface area (Å²) in [5.74, 6) is -1.39. The Balaban J connectivity index is 1.87. The lowest BCUT2D eigenvalue weighted by Gasteiger charge is -2.22. The molecule has 1 aliphatic rings. The van der Waals surface area contributed by atoms with Crippen LogP contribution in [0.25, 0.3) is 0 Å². The second kappa shape index (κ2) is 7.26. The summed E-state index contributed by atoms with van der Waals surface area (Å²) in [5.41, 5.74) is 0.635. The van der Waals surface area contributed by atoms with Crippen LogP contribution in [-0.4, -0.2) is 28.1 Å². The first-order chi connectivity index (χ1) is 10.1. The fraction of sp³-hybridized carbons (Fsp3) is 0.615. The van der Waals surface area contributed by atoms with Gasteiger partial charge in [0.15, 0.2) is 0 Å². The molecule has 0 saturated heterocycles. The molecule has 0 aromatic carbocycles. The monoisotopic (exact) mass is 313 g/mol. The minimum Gasteiger partial charge on any atom is -0.481 e. The summed E-state index contributed by atoms with van der Waals surface area (Å²) in [7, 11) is 0. The predicted octanol–water partition coefficient (Wildman–Crippen LogP) is 1.27. The third-order valence-corrected chi connectivity index (χ3v) is 4.38. The standard InChI is InChI=1S/C13H19N3O4S/c17-11(18)9-4-2-1-3-5-10(9)16-12(19)14-6-8-7-21-13(20)15-8/h7,9-10H,1-6H2,(H,15,20)(H,17,18)(H2,14,16,19). The molecule has 2 atom stereocenters. The normalized spacial score (nSPS) is 22.3. The number of hydrogen-bond donors (Lipinski definition) is 4. The van der Waals surface area contributed by atoms with Crippen molar-refractivity contribution in [2.45, 2.75) is 44.7 Å². The summed E-state index contributed by atoms with van der Waals surface area (Å²) in [4.78, 5) is 36.5. The molecule has 2 amide bonds. The largest absolute Gasteiger partial charge is 0.481 e. The number of carbonyl (C=O) groups is 2. The van der Waals surface area contributed by atoms with E-state index in [1.807, 2.05) is 0 Å². The Bertz CT molecular complexity index is 554. The lowest BCUT2D eigenvalue weighted by molar-refractivity contribution is -0.142. The zero-order valence-electron chi connectivity index (χ0n) is 11.6. The number of carboxylic acid groups (broad SMARTS) is 1. The maximum absolute atomic E-state index is 11.9. The number of carboxylic acids is 1. The van der Waals surface area contributed by atoms with Crippen molar-refractivity contribution in [3.05, 3.63) is 20.7 Å². The van der Waals surface area contributed by atoms with E-state index in [0.717, 1.165) is 30.6 Å². The molecule has 2 rings (SSSR count). The van der Waals surface area contributed by atoms with Crippen molar-refractivity contribution >= 4 is 23.3 Å². The highest BCUT2D eigenvalue weighted by Gasteiger charge is 2.30. The van der Waals surface area contributed by atoms with Crippen LogP contribution in [0, 0.1) is 5.92 Å². The van der Waals surface area contributed by atoms with Crippen LogP contribution >= 0.6 is 11.3 Å². The first-order valence-corrected chi connectivity index (χ1v) is 7.88. The van der Waals surface area contributed by atoms with Crippen molar-refractivity contribution in [2.75, 3.05) is 0 Å². The molecular formula is C13H19N3O4S. The minimum absolute atomic E-state index is 0.165. The van der Waals surface area contributed by atoms with E-state index in [0.29, 0.717) is 18.5 Å². The summed E-state index contributed by atoms with van der Waals surface area (Å²) in [6.45, 7) is 0.217. The Morgan fingerprint density at radius 2 is 2.10 bits per heavy atom. The number of amides is 2. The van der Waals surface area contributed by atoms with Gasteiger partial charge in [0.2, 0.25) is 0 Å². The minimum atomic E-state index is -0.857. The average Bonchev–Trinajstić information content (AvgIpc) is 2.70. The summed E-state index contributed by atoms with van der Waals surface area (Å²) < 4.78 is 0. The SMILES string of the molecule is O=C(NCc1csc(=O)[nH]1)NC1CCCCCC1C(=O)O. The van der Waals surface area contributed by atoms with Crippen molar-refractivity contribution in [3.8, 4) is 0 Å². The number of rotatable bonds is 4. The van der Waals surface area contributed by atoms with Crippen molar-refractivity contribution in [3.63, 3.8) is 0 Å². The third-order valence-electron chi connectivity index (χ3n) is 3.66. The molecule has 0 aliphatic heterocycles. The van der Waals surface area contributed by atoms with Gasteiger partial charge in [0.05, 0.1) is 12.5 Å². The van der Waals surface area contributed by atoms with E-state index < -0.39 is 17.9 Å². The second-order valence-electron chi connectivity index (χ2n) is 5.19. The van der Waals surface area contributed by atoms with Gasteiger partial charge in [-0.3, -0.25) is 9.59 Å². The third kappa shape index (κ3) is 4.59. The predicted molar refractivity (Wildman–Crippen MR) is 78.3 cm³/mol. The molecule has 1 aliphatic carbocycles. The fourth-order valence-electron chi connectivity index (χ4n) is 2.57. The molecule has 21 heavy (non-hydrogen) atoms. The average molecular weight is 313 g/mol. The van der Waals surface area contributed by atoms with Crippen LogP contribution in [-0.2, 0) is 11.3 Å². The first kappa shape index (κ1) is 15.6. The Morgan fingerprint density at radius 1 is 1.33 bits per heavy atom. The Labute approximate surface area is 125 Å². The van der Waals surface area contributed by atoms with E-state index in [1.165, 1.54) is 0 Å². The lowest BCUT2D eigenvalue weighted by atomic mass is 9.95. The van der Waals surface area contributed by atoms with Crippen LogP contribution in [0.3, 0.4) is 0 Å². The number of aromatic amines is 1. The molecule has 4 N–H and O–H groups in total. The molecule has 116 valence electrons. The smallest absolute Gasteiger partial charge is 0.315 e. The van der Waals surface area contributed by atoms with Gasteiger partial charge in [-0.05, 0) is 12.8 Å².